The highest BCUT2D eigenvalue weighted by molar-refractivity contribution is 6.46. The van der Waals surface area contributed by atoms with Crippen molar-refractivity contribution in [1.82, 2.24) is 4.90 Å². The van der Waals surface area contributed by atoms with E-state index in [1.54, 1.807) is 36.7 Å². The average molecular weight is 449 g/mol. The fraction of sp³-hybridized carbons (Fsp3) is 0.160. The Morgan fingerprint density at radius 2 is 1.91 bits per heavy atom. The number of nitrogens with one attached hydrogen (secondary N) is 1. The van der Waals surface area contributed by atoms with Crippen LogP contribution >= 0.6 is 11.6 Å². The Hall–Kier alpha value is -3.64. The number of Topliss-reactive ketones (excluding diaryl/α,β-unsaturated/α-hetero) is 1. The van der Waals surface area contributed by atoms with Gasteiger partial charge in [0, 0.05) is 17.2 Å². The number of ketones is 1. The number of H-pyrrole nitrogens is 1. The van der Waals surface area contributed by atoms with Gasteiger partial charge >= 0.3 is 0 Å². The third-order valence-electron chi connectivity index (χ3n) is 5.26. The van der Waals surface area contributed by atoms with Crippen LogP contribution < -0.4 is 14.8 Å². The molecule has 1 atom stereocenters. The van der Waals surface area contributed by atoms with E-state index in [-0.39, 0.29) is 22.7 Å². The first-order valence-corrected chi connectivity index (χ1v) is 10.6. The highest BCUT2D eigenvalue weighted by atomic mass is 35.5. The SMILES string of the molecule is CCOc1ccc(C([O-])=C2C(=O)C(=O)N(Cc3ccc[nH+]c3)C2c2ccccc2)cc1Cl. The predicted octanol–water partition coefficient (Wildman–Crippen LogP) is 2.98. The van der Waals surface area contributed by atoms with E-state index in [2.05, 4.69) is 4.98 Å². The maximum atomic E-state index is 13.5. The lowest BCUT2D eigenvalue weighted by atomic mass is 9.95. The Morgan fingerprint density at radius 3 is 2.56 bits per heavy atom. The molecule has 1 fully saturated rings. The van der Waals surface area contributed by atoms with Gasteiger partial charge in [0.2, 0.25) is 5.78 Å². The van der Waals surface area contributed by atoms with E-state index in [9.17, 15) is 14.7 Å². The Morgan fingerprint density at radius 1 is 1.12 bits per heavy atom. The van der Waals surface area contributed by atoms with Gasteiger partial charge in [0.15, 0.2) is 12.4 Å². The largest absolute Gasteiger partial charge is 0.872 e. The first-order chi connectivity index (χ1) is 15.5. The van der Waals surface area contributed by atoms with Crippen molar-refractivity contribution in [1.29, 1.82) is 0 Å². The van der Waals surface area contributed by atoms with E-state index in [1.807, 2.05) is 37.3 Å². The van der Waals surface area contributed by atoms with Gasteiger partial charge in [-0.15, -0.1) is 0 Å². The first kappa shape index (κ1) is 21.6. The van der Waals surface area contributed by atoms with Crippen LogP contribution in [-0.4, -0.2) is 23.2 Å². The number of carbonyl (C=O) groups is 2. The first-order valence-electron chi connectivity index (χ1n) is 10.2. The summed E-state index contributed by atoms with van der Waals surface area (Å²) in [5, 5.41) is 13.7. The summed E-state index contributed by atoms with van der Waals surface area (Å²) in [5.41, 5.74) is 1.64. The van der Waals surface area contributed by atoms with E-state index in [1.165, 1.54) is 11.0 Å². The van der Waals surface area contributed by atoms with Gasteiger partial charge in [0.25, 0.3) is 5.91 Å². The van der Waals surface area contributed by atoms with Crippen LogP contribution in [0.25, 0.3) is 5.76 Å². The van der Waals surface area contributed by atoms with Crippen molar-refractivity contribution >= 4 is 29.1 Å². The van der Waals surface area contributed by atoms with Gasteiger partial charge in [0.05, 0.1) is 24.2 Å². The Kier molecular flexibility index (Phi) is 6.23. The van der Waals surface area contributed by atoms with E-state index in [0.29, 0.717) is 17.9 Å². The van der Waals surface area contributed by atoms with Gasteiger partial charge in [-0.25, -0.2) is 4.98 Å². The summed E-state index contributed by atoms with van der Waals surface area (Å²) in [5.74, 6) is -1.58. The van der Waals surface area contributed by atoms with E-state index < -0.39 is 23.5 Å². The summed E-state index contributed by atoms with van der Waals surface area (Å²) in [4.78, 5) is 30.4. The molecule has 1 aliphatic rings. The lowest BCUT2D eigenvalue weighted by Crippen LogP contribution is -2.29. The van der Waals surface area contributed by atoms with Crippen LogP contribution in [-0.2, 0) is 16.1 Å². The normalized spacial score (nSPS) is 17.6. The predicted molar refractivity (Wildman–Crippen MR) is 117 cm³/mol. The number of likely N-dealkylation sites (tertiary alicyclic amines) is 1. The summed E-state index contributed by atoms with van der Waals surface area (Å²) in [6, 6.07) is 16.6. The number of carbonyl (C=O) groups excluding carboxylic acids is 2. The van der Waals surface area contributed by atoms with Crippen LogP contribution in [0.15, 0.2) is 78.6 Å². The molecule has 6 nitrogen and oxygen atoms in total. The average Bonchev–Trinajstić information content (AvgIpc) is 3.06. The summed E-state index contributed by atoms with van der Waals surface area (Å²) >= 11 is 6.26. The summed E-state index contributed by atoms with van der Waals surface area (Å²) < 4.78 is 5.43. The van der Waals surface area contributed by atoms with Crippen LogP contribution in [0.5, 0.6) is 5.75 Å². The van der Waals surface area contributed by atoms with Gasteiger partial charge in [-0.2, -0.15) is 0 Å². The maximum absolute atomic E-state index is 13.5. The second-order valence-electron chi connectivity index (χ2n) is 7.31. The highest BCUT2D eigenvalue weighted by Gasteiger charge is 2.44. The number of amides is 1. The van der Waals surface area contributed by atoms with Crippen molar-refractivity contribution in [2.24, 2.45) is 0 Å². The molecule has 0 saturated carbocycles. The van der Waals surface area contributed by atoms with Crippen LogP contribution in [0.2, 0.25) is 5.02 Å². The molecule has 2 aromatic carbocycles. The second kappa shape index (κ2) is 9.24. The minimum Gasteiger partial charge on any atom is -0.872 e. The molecule has 0 bridgehead atoms. The Labute approximate surface area is 190 Å². The van der Waals surface area contributed by atoms with Gasteiger partial charge in [-0.3, -0.25) is 9.59 Å². The van der Waals surface area contributed by atoms with Crippen LogP contribution in [0, 0.1) is 0 Å². The number of aromatic amines is 1. The lowest BCUT2D eigenvalue weighted by molar-refractivity contribution is -0.378. The molecular weight excluding hydrogens is 428 g/mol. The van der Waals surface area contributed by atoms with Crippen molar-refractivity contribution in [2.45, 2.75) is 19.5 Å². The molecule has 3 aromatic rings. The third kappa shape index (κ3) is 4.09. The fourth-order valence-electron chi connectivity index (χ4n) is 3.81. The quantitative estimate of drug-likeness (QED) is 0.329. The smallest absolute Gasteiger partial charge is 0.295 e. The van der Waals surface area contributed by atoms with E-state index >= 15 is 0 Å². The third-order valence-corrected chi connectivity index (χ3v) is 5.56. The molecule has 0 spiro atoms. The highest BCUT2D eigenvalue weighted by Crippen LogP contribution is 2.40. The van der Waals surface area contributed by atoms with Gasteiger partial charge < -0.3 is 14.7 Å². The monoisotopic (exact) mass is 448 g/mol. The molecular formula is C25H21ClN2O4. The van der Waals surface area contributed by atoms with Crippen molar-refractivity contribution in [3.05, 3.63) is 100 Å². The standard InChI is InChI=1S/C25H21ClN2O4/c1-2-32-20-11-10-18(13-19(20)26)23(29)21-22(17-8-4-3-5-9-17)28(25(31)24(21)30)15-16-7-6-12-27-14-16/h3-14,22,29H,2,15H2,1H3. The van der Waals surface area contributed by atoms with Gasteiger partial charge in [-0.1, -0.05) is 53.8 Å². The Bertz CT molecular complexity index is 1180. The fourth-order valence-corrected chi connectivity index (χ4v) is 4.05. The topological polar surface area (TPSA) is 83.8 Å². The number of rotatable bonds is 6. The molecule has 1 aromatic heterocycles. The number of ether oxygens (including phenoxy) is 1. The molecule has 1 amide bonds. The van der Waals surface area contributed by atoms with Crippen LogP contribution in [0.1, 0.15) is 29.7 Å². The Balaban J connectivity index is 1.83. The van der Waals surface area contributed by atoms with E-state index in [0.717, 1.165) is 5.56 Å². The molecule has 2 heterocycles. The second-order valence-corrected chi connectivity index (χ2v) is 7.72. The van der Waals surface area contributed by atoms with E-state index in [4.69, 9.17) is 16.3 Å². The summed E-state index contributed by atoms with van der Waals surface area (Å²) in [6.07, 6.45) is 3.51. The summed E-state index contributed by atoms with van der Waals surface area (Å²) in [6.45, 7) is 2.44. The maximum Gasteiger partial charge on any atom is 0.295 e. The number of nitrogens with zero attached hydrogens (tertiary/aromatic N) is 1. The molecule has 1 aliphatic heterocycles. The number of benzene rings is 2. The van der Waals surface area contributed by atoms with Crippen molar-refractivity contribution in [3.8, 4) is 5.75 Å². The van der Waals surface area contributed by atoms with Crippen molar-refractivity contribution < 1.29 is 24.4 Å². The zero-order chi connectivity index (χ0) is 22.7. The molecule has 1 N–H and O–H groups in total. The molecule has 162 valence electrons. The molecule has 1 saturated heterocycles. The van der Waals surface area contributed by atoms with Crippen LogP contribution in [0.4, 0.5) is 0 Å². The lowest BCUT2D eigenvalue weighted by Gasteiger charge is -2.27. The molecule has 1 unspecified atom stereocenters. The van der Waals surface area contributed by atoms with Gasteiger partial charge in [-0.05, 0) is 36.2 Å². The minimum atomic E-state index is -0.797. The van der Waals surface area contributed by atoms with Gasteiger partial charge in [0.1, 0.15) is 5.75 Å². The minimum absolute atomic E-state index is 0.0821. The number of hydrogen-bond donors (Lipinski definition) is 0. The number of halogens is 1. The van der Waals surface area contributed by atoms with Crippen LogP contribution in [0.3, 0.4) is 0 Å². The van der Waals surface area contributed by atoms with Crippen molar-refractivity contribution in [3.63, 3.8) is 0 Å². The molecule has 4 rings (SSSR count). The van der Waals surface area contributed by atoms with Crippen molar-refractivity contribution in [2.75, 3.05) is 6.61 Å². The zero-order valence-electron chi connectivity index (χ0n) is 17.4. The number of aromatic nitrogens is 1. The number of pyridine rings is 1. The number of hydrogen-bond acceptors (Lipinski definition) is 4. The zero-order valence-corrected chi connectivity index (χ0v) is 18.1. The molecule has 7 heteroatoms. The summed E-state index contributed by atoms with van der Waals surface area (Å²) in [7, 11) is 0. The molecule has 0 aliphatic carbocycles. The molecule has 0 radical (unpaired) electrons. The molecule has 32 heavy (non-hydrogen) atoms.